The van der Waals surface area contributed by atoms with E-state index in [1.54, 1.807) is 0 Å². The third-order valence-corrected chi connectivity index (χ3v) is 1.94. The largest absolute Gasteiger partial charge is 0.504 e. The summed E-state index contributed by atoms with van der Waals surface area (Å²) in [6, 6.07) is 2.52. The Labute approximate surface area is 76.4 Å². The lowest BCUT2D eigenvalue weighted by atomic mass is 10.3. The summed E-state index contributed by atoms with van der Waals surface area (Å²) in [4.78, 5) is 12.9. The number of aldehydes is 1. The van der Waals surface area contributed by atoms with Crippen LogP contribution >= 0.6 is 15.9 Å². The van der Waals surface area contributed by atoms with Crippen LogP contribution in [-0.2, 0) is 4.79 Å². The summed E-state index contributed by atoms with van der Waals surface area (Å²) < 4.78 is 12.6. The highest BCUT2D eigenvalue weighted by Gasteiger charge is 2.10. The van der Waals surface area contributed by atoms with Crippen molar-refractivity contribution in [2.75, 3.05) is 0 Å². The van der Waals surface area contributed by atoms with Crippen molar-refractivity contribution in [2.45, 2.75) is 4.83 Å². The lowest BCUT2D eigenvalue weighted by Gasteiger charge is -2.01. The van der Waals surface area contributed by atoms with E-state index in [0.29, 0.717) is 6.29 Å². The zero-order chi connectivity index (χ0) is 9.14. The molecule has 1 aromatic rings. The quantitative estimate of drug-likeness (QED) is 0.480. The van der Waals surface area contributed by atoms with E-state index in [-0.39, 0.29) is 5.69 Å². The zero-order valence-electron chi connectivity index (χ0n) is 5.87. The zero-order valence-corrected chi connectivity index (χ0v) is 7.45. The van der Waals surface area contributed by atoms with Crippen molar-refractivity contribution in [3.63, 3.8) is 0 Å². The van der Waals surface area contributed by atoms with Gasteiger partial charge in [0.05, 0.1) is 5.69 Å². The molecule has 1 heterocycles. The van der Waals surface area contributed by atoms with Crippen molar-refractivity contribution in [3.05, 3.63) is 23.8 Å². The second kappa shape index (κ2) is 3.62. The van der Waals surface area contributed by atoms with Crippen LogP contribution in [0.2, 0.25) is 0 Å². The van der Waals surface area contributed by atoms with Crippen molar-refractivity contribution in [1.29, 1.82) is 0 Å². The molecule has 64 valence electrons. The first kappa shape index (κ1) is 9.12. The van der Waals surface area contributed by atoms with Crippen LogP contribution in [0.5, 0.6) is 5.75 Å². The highest BCUT2D eigenvalue weighted by atomic mass is 79.9. The Hall–Kier alpha value is -0.970. The summed E-state index contributed by atoms with van der Waals surface area (Å²) >= 11 is 2.96. The fraction of sp³-hybridized carbons (Fsp3) is 0.143. The Balaban J connectivity index is 3.04. The summed E-state index contributed by atoms with van der Waals surface area (Å²) in [6.07, 6.45) is 0.582. The molecule has 1 unspecified atom stereocenters. The molecular weight excluding hydrogens is 229 g/mol. The highest BCUT2D eigenvalue weighted by molar-refractivity contribution is 9.09. The Kier molecular flexibility index (Phi) is 2.75. The Morgan fingerprint density at radius 3 is 2.83 bits per heavy atom. The molecule has 1 aromatic heterocycles. The molecule has 0 saturated heterocycles. The number of rotatable bonds is 2. The van der Waals surface area contributed by atoms with Crippen molar-refractivity contribution < 1.29 is 14.3 Å². The predicted molar refractivity (Wildman–Crippen MR) is 43.6 cm³/mol. The van der Waals surface area contributed by atoms with Gasteiger partial charge in [0.15, 0.2) is 5.75 Å². The molecule has 0 aliphatic rings. The van der Waals surface area contributed by atoms with E-state index in [9.17, 15) is 9.18 Å². The molecule has 0 aromatic carbocycles. The first-order valence-electron chi connectivity index (χ1n) is 3.10. The normalized spacial score (nSPS) is 12.5. The number of pyridine rings is 1. The maximum atomic E-state index is 12.6. The summed E-state index contributed by atoms with van der Waals surface area (Å²) in [5, 5.41) is 8.76. The van der Waals surface area contributed by atoms with Gasteiger partial charge in [-0.05, 0) is 12.1 Å². The molecule has 0 radical (unpaired) electrons. The molecule has 3 nitrogen and oxygen atoms in total. The molecule has 5 heteroatoms. The monoisotopic (exact) mass is 233 g/mol. The Morgan fingerprint density at radius 1 is 1.67 bits per heavy atom. The van der Waals surface area contributed by atoms with Crippen LogP contribution in [0.25, 0.3) is 0 Å². The number of halogens is 2. The average molecular weight is 234 g/mol. The highest BCUT2D eigenvalue weighted by Crippen LogP contribution is 2.21. The lowest BCUT2D eigenvalue weighted by molar-refractivity contribution is -0.107. The minimum Gasteiger partial charge on any atom is -0.504 e. The van der Waals surface area contributed by atoms with Gasteiger partial charge in [-0.2, -0.15) is 4.39 Å². The molecule has 0 saturated carbocycles. The number of aromatic nitrogens is 1. The third-order valence-electron chi connectivity index (χ3n) is 1.25. The third kappa shape index (κ3) is 1.79. The fourth-order valence-electron chi connectivity index (χ4n) is 0.664. The summed E-state index contributed by atoms with van der Waals surface area (Å²) in [5.74, 6) is -1.50. The molecule has 0 spiro atoms. The summed E-state index contributed by atoms with van der Waals surface area (Å²) in [6.45, 7) is 0. The molecule has 1 rings (SSSR count). The maximum absolute atomic E-state index is 12.6. The molecule has 0 fully saturated rings. The van der Waals surface area contributed by atoms with Gasteiger partial charge in [0.1, 0.15) is 11.1 Å². The van der Waals surface area contributed by atoms with Crippen LogP contribution in [0.15, 0.2) is 12.1 Å². The van der Waals surface area contributed by atoms with E-state index in [1.165, 1.54) is 6.07 Å². The van der Waals surface area contributed by atoms with Crippen LogP contribution in [0.1, 0.15) is 10.5 Å². The topological polar surface area (TPSA) is 50.2 Å². The van der Waals surface area contributed by atoms with Gasteiger partial charge in [0, 0.05) is 0 Å². The standard InChI is InChI=1S/C7H5BrFNO2/c8-4(3-11)5-1-2-6(12)7(9)10-5/h1-4,12H. The smallest absolute Gasteiger partial charge is 0.255 e. The van der Waals surface area contributed by atoms with Gasteiger partial charge >= 0.3 is 0 Å². The van der Waals surface area contributed by atoms with E-state index >= 15 is 0 Å². The van der Waals surface area contributed by atoms with E-state index < -0.39 is 16.5 Å². The van der Waals surface area contributed by atoms with E-state index in [2.05, 4.69) is 20.9 Å². The number of carbonyl (C=O) groups excluding carboxylic acids is 1. The molecule has 12 heavy (non-hydrogen) atoms. The van der Waals surface area contributed by atoms with Gasteiger partial charge in [-0.3, -0.25) is 0 Å². The molecule has 1 N–H and O–H groups in total. The number of carbonyl (C=O) groups is 1. The van der Waals surface area contributed by atoms with Crippen molar-refractivity contribution in [2.24, 2.45) is 0 Å². The average Bonchev–Trinajstić information content (AvgIpc) is 2.08. The number of aromatic hydroxyl groups is 1. The van der Waals surface area contributed by atoms with Gasteiger partial charge in [-0.1, -0.05) is 15.9 Å². The first-order chi connectivity index (χ1) is 5.65. The van der Waals surface area contributed by atoms with Gasteiger partial charge in [0.2, 0.25) is 0 Å². The second-order valence-electron chi connectivity index (χ2n) is 2.08. The van der Waals surface area contributed by atoms with Crippen LogP contribution in [0.4, 0.5) is 4.39 Å². The van der Waals surface area contributed by atoms with E-state index in [0.717, 1.165) is 6.07 Å². The molecule has 1 atom stereocenters. The van der Waals surface area contributed by atoms with Gasteiger partial charge < -0.3 is 9.90 Å². The van der Waals surface area contributed by atoms with Crippen LogP contribution in [0.3, 0.4) is 0 Å². The molecule has 0 aliphatic heterocycles. The van der Waals surface area contributed by atoms with Gasteiger partial charge in [-0.15, -0.1) is 0 Å². The van der Waals surface area contributed by atoms with Crippen LogP contribution in [-0.4, -0.2) is 16.4 Å². The lowest BCUT2D eigenvalue weighted by Crippen LogP contribution is -1.96. The molecule has 0 bridgehead atoms. The van der Waals surface area contributed by atoms with Gasteiger partial charge in [-0.25, -0.2) is 4.98 Å². The molecular formula is C7H5BrFNO2. The van der Waals surface area contributed by atoms with Crippen molar-refractivity contribution in [3.8, 4) is 5.75 Å². The number of nitrogens with zero attached hydrogens (tertiary/aromatic N) is 1. The summed E-state index contributed by atoms with van der Waals surface area (Å²) in [5.41, 5.74) is 0.236. The Morgan fingerprint density at radius 2 is 2.33 bits per heavy atom. The minimum absolute atomic E-state index is 0.236. The molecule has 0 amide bonds. The van der Waals surface area contributed by atoms with Crippen molar-refractivity contribution in [1.82, 2.24) is 4.98 Å². The minimum atomic E-state index is -0.973. The summed E-state index contributed by atoms with van der Waals surface area (Å²) in [7, 11) is 0. The van der Waals surface area contributed by atoms with Crippen molar-refractivity contribution >= 4 is 22.2 Å². The number of hydrogen-bond donors (Lipinski definition) is 1. The fourth-order valence-corrected chi connectivity index (χ4v) is 0.919. The van der Waals surface area contributed by atoms with Crippen LogP contribution < -0.4 is 0 Å². The SMILES string of the molecule is O=CC(Br)c1ccc(O)c(F)n1. The number of hydrogen-bond acceptors (Lipinski definition) is 3. The Bertz CT molecular complexity index is 305. The maximum Gasteiger partial charge on any atom is 0.255 e. The van der Waals surface area contributed by atoms with Crippen LogP contribution in [0, 0.1) is 5.95 Å². The van der Waals surface area contributed by atoms with E-state index in [4.69, 9.17) is 5.11 Å². The molecule has 0 aliphatic carbocycles. The van der Waals surface area contributed by atoms with Gasteiger partial charge in [0.25, 0.3) is 5.95 Å². The number of alkyl halides is 1. The van der Waals surface area contributed by atoms with E-state index in [1.807, 2.05) is 0 Å². The predicted octanol–water partition coefficient (Wildman–Crippen LogP) is 1.56. The second-order valence-corrected chi connectivity index (χ2v) is 3.07. The first-order valence-corrected chi connectivity index (χ1v) is 4.01.